The number of nitrogens with one attached hydrogen (secondary N) is 1. The van der Waals surface area contributed by atoms with E-state index in [0.29, 0.717) is 5.56 Å². The number of aromatic amines is 1. The third kappa shape index (κ3) is 1.91. The van der Waals surface area contributed by atoms with Crippen LogP contribution in [0.5, 0.6) is 0 Å². The Hall–Kier alpha value is -3.72. The molecule has 0 spiro atoms. The number of hydrogen-bond acceptors (Lipinski definition) is 2. The maximum Gasteiger partial charge on any atom is 0.150 e. The second-order valence-corrected chi connectivity index (χ2v) is 6.93. The van der Waals surface area contributed by atoms with E-state index in [1.54, 1.807) is 6.07 Å². The Morgan fingerprint density at radius 1 is 0.778 bits per heavy atom. The second-order valence-electron chi connectivity index (χ2n) is 6.93. The smallest absolute Gasteiger partial charge is 0.150 e. The van der Waals surface area contributed by atoms with Crippen molar-refractivity contribution in [1.82, 2.24) is 9.97 Å². The molecule has 6 aromatic rings. The Morgan fingerprint density at radius 3 is 2.26 bits per heavy atom. The Morgan fingerprint density at radius 2 is 1.48 bits per heavy atom. The van der Waals surface area contributed by atoms with Gasteiger partial charge in [0.1, 0.15) is 12.1 Å². The molecule has 1 heterocycles. The molecule has 3 heteroatoms. The maximum absolute atomic E-state index is 11.2. The van der Waals surface area contributed by atoms with Crippen molar-refractivity contribution in [2.75, 3.05) is 0 Å². The molecular weight excluding hydrogens is 332 g/mol. The summed E-state index contributed by atoms with van der Waals surface area (Å²) in [6.45, 7) is 0. The van der Waals surface area contributed by atoms with Gasteiger partial charge in [0.15, 0.2) is 0 Å². The highest BCUT2D eigenvalue weighted by molar-refractivity contribution is 6.32. The Bertz CT molecular complexity index is 1410. The van der Waals surface area contributed by atoms with E-state index in [2.05, 4.69) is 53.5 Å². The number of imidazole rings is 1. The lowest BCUT2D eigenvalue weighted by Gasteiger charge is -2.11. The van der Waals surface area contributed by atoms with Gasteiger partial charge >= 0.3 is 0 Å². The largest absolute Gasteiger partial charge is 0.337 e. The van der Waals surface area contributed by atoms with Crippen LogP contribution < -0.4 is 0 Å². The molecule has 0 aliphatic heterocycles. The third-order valence-corrected chi connectivity index (χ3v) is 5.41. The SMILES string of the molecule is O=Cc1cccc(-c2nc3c4cccc5ccc6cccc(c3[nH]2)c6c54)c1. The van der Waals surface area contributed by atoms with Gasteiger partial charge in [-0.2, -0.15) is 0 Å². The van der Waals surface area contributed by atoms with E-state index < -0.39 is 0 Å². The molecule has 0 radical (unpaired) electrons. The molecule has 0 unspecified atom stereocenters. The first-order valence-corrected chi connectivity index (χ1v) is 8.94. The molecule has 126 valence electrons. The first-order valence-electron chi connectivity index (χ1n) is 8.94. The number of nitrogens with zero attached hydrogens (tertiary/aromatic N) is 1. The van der Waals surface area contributed by atoms with Gasteiger partial charge < -0.3 is 4.98 Å². The van der Waals surface area contributed by atoms with Crippen LogP contribution in [-0.4, -0.2) is 16.3 Å². The molecule has 0 atom stereocenters. The first-order chi connectivity index (χ1) is 13.3. The zero-order chi connectivity index (χ0) is 18.0. The molecular formula is C24H14N2O. The van der Waals surface area contributed by atoms with E-state index in [0.717, 1.165) is 34.1 Å². The maximum atomic E-state index is 11.2. The van der Waals surface area contributed by atoms with Crippen LogP contribution in [0.2, 0.25) is 0 Å². The molecule has 3 nitrogen and oxygen atoms in total. The number of fused-ring (bicyclic) bond motifs is 3. The lowest BCUT2D eigenvalue weighted by Crippen LogP contribution is -1.85. The van der Waals surface area contributed by atoms with Crippen LogP contribution in [0.4, 0.5) is 0 Å². The van der Waals surface area contributed by atoms with Crippen molar-refractivity contribution in [3.8, 4) is 11.4 Å². The number of benzene rings is 5. The van der Waals surface area contributed by atoms with Gasteiger partial charge in [-0.15, -0.1) is 0 Å². The summed E-state index contributed by atoms with van der Waals surface area (Å²) in [5, 5.41) is 7.33. The monoisotopic (exact) mass is 346 g/mol. The van der Waals surface area contributed by atoms with Gasteiger partial charge in [-0.25, -0.2) is 4.98 Å². The average molecular weight is 346 g/mol. The van der Waals surface area contributed by atoms with Gasteiger partial charge in [0.25, 0.3) is 0 Å². The van der Waals surface area contributed by atoms with Gasteiger partial charge in [0.05, 0.1) is 11.0 Å². The lowest BCUT2D eigenvalue weighted by molar-refractivity contribution is 0.112. The molecule has 0 saturated carbocycles. The predicted molar refractivity (Wildman–Crippen MR) is 111 cm³/mol. The molecule has 0 amide bonds. The van der Waals surface area contributed by atoms with Crippen molar-refractivity contribution in [2.45, 2.75) is 0 Å². The molecule has 0 aliphatic carbocycles. The molecule has 6 rings (SSSR count). The molecule has 1 N–H and O–H groups in total. The number of hydrogen-bond donors (Lipinski definition) is 1. The van der Waals surface area contributed by atoms with E-state index in [1.165, 1.54) is 26.9 Å². The van der Waals surface area contributed by atoms with Crippen molar-refractivity contribution in [3.05, 3.63) is 78.4 Å². The fourth-order valence-electron chi connectivity index (χ4n) is 4.22. The van der Waals surface area contributed by atoms with E-state index in [1.807, 2.05) is 18.2 Å². The zero-order valence-electron chi connectivity index (χ0n) is 14.4. The van der Waals surface area contributed by atoms with Crippen LogP contribution in [0.3, 0.4) is 0 Å². The lowest BCUT2D eigenvalue weighted by atomic mass is 9.93. The second kappa shape index (κ2) is 5.15. The molecule has 27 heavy (non-hydrogen) atoms. The van der Waals surface area contributed by atoms with Crippen LogP contribution in [0.15, 0.2) is 72.8 Å². The first kappa shape index (κ1) is 14.4. The van der Waals surface area contributed by atoms with Gasteiger partial charge in [-0.1, -0.05) is 66.7 Å². The number of H-pyrrole nitrogens is 1. The predicted octanol–water partition coefficient (Wildman–Crippen LogP) is 5.94. The highest BCUT2D eigenvalue weighted by atomic mass is 16.1. The Balaban J connectivity index is 1.81. The normalized spacial score (nSPS) is 11.9. The Labute approximate surface area is 154 Å². The molecule has 5 aromatic carbocycles. The van der Waals surface area contributed by atoms with Crippen LogP contribution in [0.25, 0.3) is 54.7 Å². The van der Waals surface area contributed by atoms with E-state index >= 15 is 0 Å². The van der Waals surface area contributed by atoms with Gasteiger partial charge in [0, 0.05) is 21.9 Å². The number of carbonyl (C=O) groups excluding carboxylic acids is 1. The molecule has 0 fully saturated rings. The summed E-state index contributed by atoms with van der Waals surface area (Å²) in [6, 6.07) is 24.7. The summed E-state index contributed by atoms with van der Waals surface area (Å²) in [7, 11) is 0. The number of aromatic nitrogens is 2. The minimum atomic E-state index is 0.648. The fraction of sp³-hybridized carbons (Fsp3) is 0. The summed E-state index contributed by atoms with van der Waals surface area (Å²) >= 11 is 0. The standard InChI is InChI=1S/C24H14N2O/c27-13-14-4-1-7-17(12-14)24-25-22-18-8-2-5-15-10-11-16-6-3-9-19(23(22)26-24)21(16)20(15)18/h1-13H,(H,25,26). The highest BCUT2D eigenvalue weighted by Crippen LogP contribution is 2.40. The van der Waals surface area contributed by atoms with Crippen molar-refractivity contribution in [2.24, 2.45) is 0 Å². The van der Waals surface area contributed by atoms with Crippen molar-refractivity contribution >= 4 is 49.6 Å². The van der Waals surface area contributed by atoms with Crippen molar-refractivity contribution < 1.29 is 4.79 Å². The molecule has 1 aromatic heterocycles. The number of aldehydes is 1. The van der Waals surface area contributed by atoms with Gasteiger partial charge in [-0.3, -0.25) is 4.79 Å². The van der Waals surface area contributed by atoms with E-state index in [4.69, 9.17) is 4.98 Å². The summed E-state index contributed by atoms with van der Waals surface area (Å²) in [6.07, 6.45) is 0.865. The summed E-state index contributed by atoms with van der Waals surface area (Å²) in [5.41, 5.74) is 3.57. The minimum absolute atomic E-state index is 0.648. The molecule has 0 saturated heterocycles. The Kier molecular flexibility index (Phi) is 2.75. The van der Waals surface area contributed by atoms with Crippen LogP contribution >= 0.6 is 0 Å². The summed E-state index contributed by atoms with van der Waals surface area (Å²) in [5.74, 6) is 0.783. The highest BCUT2D eigenvalue weighted by Gasteiger charge is 2.16. The van der Waals surface area contributed by atoms with E-state index in [9.17, 15) is 4.79 Å². The topological polar surface area (TPSA) is 45.8 Å². The summed E-state index contributed by atoms with van der Waals surface area (Å²) < 4.78 is 0. The van der Waals surface area contributed by atoms with Crippen LogP contribution in [0.1, 0.15) is 10.4 Å². The average Bonchev–Trinajstić information content (AvgIpc) is 3.19. The zero-order valence-corrected chi connectivity index (χ0v) is 14.4. The van der Waals surface area contributed by atoms with Crippen LogP contribution in [-0.2, 0) is 0 Å². The molecule has 0 aliphatic rings. The quantitative estimate of drug-likeness (QED) is 0.311. The molecule has 0 bridgehead atoms. The number of rotatable bonds is 2. The minimum Gasteiger partial charge on any atom is -0.337 e. The van der Waals surface area contributed by atoms with E-state index in [-0.39, 0.29) is 0 Å². The summed E-state index contributed by atoms with van der Waals surface area (Å²) in [4.78, 5) is 19.6. The van der Waals surface area contributed by atoms with Crippen LogP contribution in [0, 0.1) is 0 Å². The fourth-order valence-corrected chi connectivity index (χ4v) is 4.22. The third-order valence-electron chi connectivity index (χ3n) is 5.41. The van der Waals surface area contributed by atoms with Gasteiger partial charge in [0.2, 0.25) is 0 Å². The van der Waals surface area contributed by atoms with Gasteiger partial charge in [-0.05, 0) is 27.6 Å². The van der Waals surface area contributed by atoms with Crippen molar-refractivity contribution in [3.63, 3.8) is 0 Å². The van der Waals surface area contributed by atoms with Crippen molar-refractivity contribution in [1.29, 1.82) is 0 Å². The number of carbonyl (C=O) groups is 1.